The minimum Gasteiger partial charge on any atom is -0.508 e. The molecule has 5 heteroatoms. The molecular weight excluding hydrogens is 307 g/mol. The van der Waals surface area contributed by atoms with Gasteiger partial charge in [-0.05, 0) is 55.3 Å². The average molecular weight is 322 g/mol. The third-order valence-electron chi connectivity index (χ3n) is 4.42. The molecule has 3 aromatic rings. The van der Waals surface area contributed by atoms with E-state index in [-0.39, 0.29) is 17.7 Å². The van der Waals surface area contributed by atoms with Crippen molar-refractivity contribution in [1.29, 1.82) is 5.26 Å². The maximum absolute atomic E-state index is 13.3. The Bertz CT molecular complexity index is 948. The van der Waals surface area contributed by atoms with Crippen molar-refractivity contribution in [2.24, 2.45) is 0 Å². The number of aromatic hydroxyl groups is 1. The molecule has 4 rings (SSSR count). The largest absolute Gasteiger partial charge is 0.508 e. The molecular formula is C19H15FN2O2. The third kappa shape index (κ3) is 2.24. The number of benzene rings is 2. The molecule has 4 nitrogen and oxygen atoms in total. The number of rotatable bonds is 2. The molecule has 0 spiro atoms. The van der Waals surface area contributed by atoms with Crippen LogP contribution < -0.4 is 0 Å². The standard InChI is InChI=1S/C19H15FN2O2/c20-12-3-5-13(6-4-12)22-17-8-7-14(23)10-15(17)16(11-21)19(22)18-2-1-9-24-18/h3-8,10,18,23H,1-2,9H2. The fourth-order valence-electron chi connectivity index (χ4n) is 3.38. The van der Waals surface area contributed by atoms with Crippen LogP contribution in [0, 0.1) is 17.1 Å². The smallest absolute Gasteiger partial charge is 0.123 e. The molecule has 0 bridgehead atoms. The summed E-state index contributed by atoms with van der Waals surface area (Å²) in [6, 6.07) is 13.4. The normalized spacial score (nSPS) is 17.2. The zero-order chi connectivity index (χ0) is 16.7. The molecule has 1 unspecified atom stereocenters. The molecule has 0 saturated carbocycles. The van der Waals surface area contributed by atoms with Gasteiger partial charge in [0.25, 0.3) is 0 Å². The topological polar surface area (TPSA) is 58.2 Å². The number of phenolic OH excluding ortho intramolecular Hbond substituents is 1. The van der Waals surface area contributed by atoms with E-state index in [0.29, 0.717) is 17.6 Å². The van der Waals surface area contributed by atoms with Crippen molar-refractivity contribution >= 4 is 10.9 Å². The number of aromatic nitrogens is 1. The maximum atomic E-state index is 13.3. The summed E-state index contributed by atoms with van der Waals surface area (Å²) in [6.07, 6.45) is 1.59. The van der Waals surface area contributed by atoms with Crippen molar-refractivity contribution in [1.82, 2.24) is 4.57 Å². The lowest BCUT2D eigenvalue weighted by Crippen LogP contribution is -2.07. The summed E-state index contributed by atoms with van der Waals surface area (Å²) < 4.78 is 21.1. The SMILES string of the molecule is N#Cc1c(C2CCCO2)n(-c2ccc(F)cc2)c2ccc(O)cc12. The Labute approximate surface area is 138 Å². The second-order valence-corrected chi connectivity index (χ2v) is 5.89. The van der Waals surface area contributed by atoms with Crippen molar-refractivity contribution in [3.8, 4) is 17.5 Å². The zero-order valence-electron chi connectivity index (χ0n) is 12.9. The van der Waals surface area contributed by atoms with E-state index in [1.54, 1.807) is 30.3 Å². The van der Waals surface area contributed by atoms with Crippen LogP contribution in [-0.4, -0.2) is 16.3 Å². The van der Waals surface area contributed by atoms with Gasteiger partial charge in [0.05, 0.1) is 22.9 Å². The number of hydrogen-bond acceptors (Lipinski definition) is 3. The van der Waals surface area contributed by atoms with E-state index in [9.17, 15) is 14.8 Å². The Balaban J connectivity index is 2.07. The second-order valence-electron chi connectivity index (χ2n) is 5.89. The lowest BCUT2D eigenvalue weighted by Gasteiger charge is -2.16. The van der Waals surface area contributed by atoms with Gasteiger partial charge in [-0.15, -0.1) is 0 Å². The zero-order valence-corrected chi connectivity index (χ0v) is 12.9. The molecule has 24 heavy (non-hydrogen) atoms. The van der Waals surface area contributed by atoms with E-state index in [2.05, 4.69) is 6.07 Å². The molecule has 1 N–H and O–H groups in total. The number of fused-ring (bicyclic) bond motifs is 1. The highest BCUT2D eigenvalue weighted by Crippen LogP contribution is 2.39. The molecule has 0 radical (unpaired) electrons. The Hall–Kier alpha value is -2.84. The number of nitriles is 1. The molecule has 2 heterocycles. The van der Waals surface area contributed by atoms with Gasteiger partial charge in [0.15, 0.2) is 0 Å². The highest BCUT2D eigenvalue weighted by atomic mass is 19.1. The fraction of sp³-hybridized carbons (Fsp3) is 0.211. The van der Waals surface area contributed by atoms with Crippen LogP contribution in [0.3, 0.4) is 0 Å². The summed E-state index contributed by atoms with van der Waals surface area (Å²) in [5.41, 5.74) is 2.82. The summed E-state index contributed by atoms with van der Waals surface area (Å²) in [5.74, 6) is -0.207. The van der Waals surface area contributed by atoms with Gasteiger partial charge >= 0.3 is 0 Å². The van der Waals surface area contributed by atoms with Crippen molar-refractivity contribution < 1.29 is 14.2 Å². The van der Waals surface area contributed by atoms with E-state index < -0.39 is 0 Å². The first-order valence-corrected chi connectivity index (χ1v) is 7.84. The van der Waals surface area contributed by atoms with Crippen molar-refractivity contribution in [2.45, 2.75) is 18.9 Å². The van der Waals surface area contributed by atoms with E-state index in [1.165, 1.54) is 12.1 Å². The molecule has 1 saturated heterocycles. The van der Waals surface area contributed by atoms with E-state index in [1.807, 2.05) is 4.57 Å². The van der Waals surface area contributed by atoms with Crippen LogP contribution in [0.1, 0.15) is 30.2 Å². The number of halogens is 1. The number of ether oxygens (including phenoxy) is 1. The molecule has 1 aliphatic rings. The minimum absolute atomic E-state index is 0.106. The molecule has 1 aromatic heterocycles. The lowest BCUT2D eigenvalue weighted by molar-refractivity contribution is 0.107. The summed E-state index contributed by atoms with van der Waals surface area (Å²) in [4.78, 5) is 0. The molecule has 1 aliphatic heterocycles. The van der Waals surface area contributed by atoms with Crippen molar-refractivity contribution in [2.75, 3.05) is 6.61 Å². The van der Waals surface area contributed by atoms with Gasteiger partial charge in [-0.1, -0.05) is 0 Å². The van der Waals surface area contributed by atoms with Gasteiger partial charge in [0.1, 0.15) is 17.6 Å². The quantitative estimate of drug-likeness (QED) is 0.769. The van der Waals surface area contributed by atoms with Crippen LogP contribution in [0.25, 0.3) is 16.6 Å². The minimum atomic E-state index is -0.313. The van der Waals surface area contributed by atoms with Crippen LogP contribution in [0.2, 0.25) is 0 Å². The highest BCUT2D eigenvalue weighted by Gasteiger charge is 2.28. The molecule has 120 valence electrons. The molecule has 1 fully saturated rings. The fourth-order valence-corrected chi connectivity index (χ4v) is 3.38. The number of phenols is 1. The monoisotopic (exact) mass is 322 g/mol. The highest BCUT2D eigenvalue weighted by molar-refractivity contribution is 5.91. The first-order chi connectivity index (χ1) is 11.7. The van der Waals surface area contributed by atoms with Crippen LogP contribution in [0.4, 0.5) is 4.39 Å². The van der Waals surface area contributed by atoms with Crippen molar-refractivity contribution in [3.63, 3.8) is 0 Å². The van der Waals surface area contributed by atoms with Crippen LogP contribution in [0.5, 0.6) is 5.75 Å². The van der Waals surface area contributed by atoms with Gasteiger partial charge in [-0.3, -0.25) is 0 Å². The van der Waals surface area contributed by atoms with Crippen LogP contribution in [0.15, 0.2) is 42.5 Å². The van der Waals surface area contributed by atoms with Crippen LogP contribution >= 0.6 is 0 Å². The summed E-state index contributed by atoms with van der Waals surface area (Å²) in [7, 11) is 0. The Morgan fingerprint density at radius 3 is 2.67 bits per heavy atom. The second kappa shape index (κ2) is 5.66. The van der Waals surface area contributed by atoms with Gasteiger partial charge < -0.3 is 14.4 Å². The van der Waals surface area contributed by atoms with Gasteiger partial charge in [0, 0.05) is 17.7 Å². The van der Waals surface area contributed by atoms with Gasteiger partial charge in [0.2, 0.25) is 0 Å². The van der Waals surface area contributed by atoms with Crippen LogP contribution in [-0.2, 0) is 4.74 Å². The third-order valence-corrected chi connectivity index (χ3v) is 4.42. The summed E-state index contributed by atoms with van der Waals surface area (Å²) >= 11 is 0. The molecule has 0 amide bonds. The van der Waals surface area contributed by atoms with Gasteiger partial charge in [-0.2, -0.15) is 5.26 Å². The Kier molecular flexibility index (Phi) is 3.47. The van der Waals surface area contributed by atoms with E-state index in [0.717, 1.165) is 29.7 Å². The maximum Gasteiger partial charge on any atom is 0.123 e. The molecule has 1 atom stereocenters. The molecule has 0 aliphatic carbocycles. The van der Waals surface area contributed by atoms with Gasteiger partial charge in [-0.25, -0.2) is 4.39 Å². The Morgan fingerprint density at radius 1 is 1.21 bits per heavy atom. The predicted molar refractivity (Wildman–Crippen MR) is 87.5 cm³/mol. The average Bonchev–Trinajstić information content (AvgIpc) is 3.20. The predicted octanol–water partition coefficient (Wildman–Crippen LogP) is 4.20. The van der Waals surface area contributed by atoms with E-state index >= 15 is 0 Å². The lowest BCUT2D eigenvalue weighted by atomic mass is 10.1. The summed E-state index contributed by atoms with van der Waals surface area (Å²) in [6.45, 7) is 0.658. The molecule has 2 aromatic carbocycles. The van der Waals surface area contributed by atoms with Crippen molar-refractivity contribution in [3.05, 3.63) is 59.5 Å². The summed E-state index contributed by atoms with van der Waals surface area (Å²) in [5, 5.41) is 20.2. The number of hydrogen-bond donors (Lipinski definition) is 1. The first kappa shape index (κ1) is 14.7. The van der Waals surface area contributed by atoms with E-state index in [4.69, 9.17) is 4.74 Å². The Morgan fingerprint density at radius 2 is 2.00 bits per heavy atom. The number of nitrogens with zero attached hydrogens (tertiary/aromatic N) is 2. The first-order valence-electron chi connectivity index (χ1n) is 7.84.